The molecule has 0 bridgehead atoms. The normalized spacial score (nSPS) is 10.9. The van der Waals surface area contributed by atoms with Gasteiger partial charge in [-0.1, -0.05) is 41.4 Å². The molecule has 0 radical (unpaired) electrons. The number of aliphatic hydroxyl groups excluding tert-OH is 1. The summed E-state index contributed by atoms with van der Waals surface area (Å²) in [6.07, 6.45) is 1.55. The average Bonchev–Trinajstić information content (AvgIpc) is 2.42. The van der Waals surface area contributed by atoms with Gasteiger partial charge in [-0.25, -0.2) is 4.98 Å². The smallest absolute Gasteiger partial charge is 0.238 e. The maximum Gasteiger partial charge on any atom is 0.238 e. The zero-order valence-electron chi connectivity index (χ0n) is 11.2. The third kappa shape index (κ3) is 3.51. The molecule has 20 heavy (non-hydrogen) atoms. The second kappa shape index (κ2) is 6.57. The zero-order valence-corrected chi connectivity index (χ0v) is 13.6. The van der Waals surface area contributed by atoms with Gasteiger partial charge in [0.1, 0.15) is 10.8 Å². The van der Waals surface area contributed by atoms with Gasteiger partial charge in [-0.05, 0) is 41.3 Å². The highest BCUT2D eigenvalue weighted by Gasteiger charge is 2.12. The fourth-order valence-electron chi connectivity index (χ4n) is 1.79. The van der Waals surface area contributed by atoms with E-state index in [0.29, 0.717) is 22.4 Å². The van der Waals surface area contributed by atoms with Crippen LogP contribution in [0.2, 0.25) is 5.02 Å². The molecule has 0 aliphatic carbocycles. The summed E-state index contributed by atoms with van der Waals surface area (Å²) in [5.41, 5.74) is 1.73. The van der Waals surface area contributed by atoms with Crippen LogP contribution < -0.4 is 4.74 Å². The number of halogens is 2. The summed E-state index contributed by atoms with van der Waals surface area (Å²) >= 11 is 9.57. The van der Waals surface area contributed by atoms with Crippen LogP contribution in [0.4, 0.5) is 0 Å². The Morgan fingerprint density at radius 1 is 1.35 bits per heavy atom. The molecular weight excluding hydrogens is 342 g/mol. The summed E-state index contributed by atoms with van der Waals surface area (Å²) in [5.74, 6) is 1.39. The van der Waals surface area contributed by atoms with E-state index in [1.807, 2.05) is 18.2 Å². The Morgan fingerprint density at radius 3 is 2.70 bits per heavy atom. The van der Waals surface area contributed by atoms with Crippen molar-refractivity contribution in [1.29, 1.82) is 0 Å². The summed E-state index contributed by atoms with van der Waals surface area (Å²) in [7, 11) is 0. The van der Waals surface area contributed by atoms with Crippen molar-refractivity contribution in [2.45, 2.75) is 26.4 Å². The van der Waals surface area contributed by atoms with E-state index in [2.05, 4.69) is 34.8 Å². The maximum atomic E-state index is 9.05. The highest BCUT2D eigenvalue weighted by molar-refractivity contribution is 9.10. The minimum atomic E-state index is -0.0947. The Hall–Kier alpha value is -1.10. The predicted octanol–water partition coefficient (Wildman–Crippen LogP) is 4.91. The highest BCUT2D eigenvalue weighted by atomic mass is 79.9. The highest BCUT2D eigenvalue weighted by Crippen LogP contribution is 2.34. The van der Waals surface area contributed by atoms with Gasteiger partial charge < -0.3 is 9.84 Å². The van der Waals surface area contributed by atoms with Gasteiger partial charge in [0.05, 0.1) is 6.61 Å². The Balaban J connectivity index is 2.35. The number of rotatable bonds is 4. The molecule has 1 heterocycles. The van der Waals surface area contributed by atoms with Crippen molar-refractivity contribution < 1.29 is 9.84 Å². The van der Waals surface area contributed by atoms with Crippen molar-refractivity contribution in [3.8, 4) is 11.6 Å². The molecule has 0 unspecified atom stereocenters. The molecule has 1 N–H and O–H groups in total. The number of hydrogen-bond donors (Lipinski definition) is 1. The Morgan fingerprint density at radius 2 is 2.10 bits per heavy atom. The minimum Gasteiger partial charge on any atom is -0.437 e. The lowest BCUT2D eigenvalue weighted by atomic mass is 10.0. The lowest BCUT2D eigenvalue weighted by Crippen LogP contribution is -1.97. The first-order chi connectivity index (χ1) is 9.51. The van der Waals surface area contributed by atoms with Crippen molar-refractivity contribution in [3.05, 3.63) is 51.1 Å². The lowest BCUT2D eigenvalue weighted by Gasteiger charge is -2.14. The monoisotopic (exact) mass is 355 g/mol. The first-order valence-corrected chi connectivity index (χ1v) is 7.41. The van der Waals surface area contributed by atoms with E-state index in [4.69, 9.17) is 21.4 Å². The van der Waals surface area contributed by atoms with Crippen LogP contribution in [-0.2, 0) is 6.61 Å². The maximum absolute atomic E-state index is 9.05. The fourth-order valence-corrected chi connectivity index (χ4v) is 2.40. The molecule has 1 aromatic heterocycles. The molecule has 0 saturated heterocycles. The molecule has 0 spiro atoms. The van der Waals surface area contributed by atoms with E-state index in [0.717, 1.165) is 15.8 Å². The van der Waals surface area contributed by atoms with E-state index >= 15 is 0 Å². The van der Waals surface area contributed by atoms with Crippen LogP contribution in [0.1, 0.15) is 30.9 Å². The number of aromatic nitrogens is 1. The minimum absolute atomic E-state index is 0.0947. The fraction of sp³-hybridized carbons (Fsp3) is 0.267. The SMILES string of the molecule is CC(C)c1cc(Br)ccc1Oc1ncc(CO)cc1Cl. The van der Waals surface area contributed by atoms with Crippen LogP contribution in [0.3, 0.4) is 0 Å². The number of pyridine rings is 1. The molecule has 0 fully saturated rings. The molecule has 0 atom stereocenters. The van der Waals surface area contributed by atoms with Gasteiger partial charge >= 0.3 is 0 Å². The number of ether oxygens (including phenoxy) is 1. The largest absolute Gasteiger partial charge is 0.437 e. The number of nitrogens with zero attached hydrogens (tertiary/aromatic N) is 1. The van der Waals surface area contributed by atoms with Gasteiger partial charge in [0, 0.05) is 10.7 Å². The molecule has 0 aliphatic rings. The van der Waals surface area contributed by atoms with Crippen LogP contribution in [0, 0.1) is 0 Å². The molecule has 2 rings (SSSR count). The Bertz CT molecular complexity index is 617. The molecular formula is C15H15BrClNO2. The van der Waals surface area contributed by atoms with E-state index in [1.165, 1.54) is 0 Å². The zero-order chi connectivity index (χ0) is 14.7. The first kappa shape index (κ1) is 15.3. The van der Waals surface area contributed by atoms with Crippen molar-refractivity contribution in [2.24, 2.45) is 0 Å². The molecule has 0 saturated carbocycles. The summed E-state index contributed by atoms with van der Waals surface area (Å²) in [6.45, 7) is 4.10. The standard InChI is InChI=1S/C15H15BrClNO2/c1-9(2)12-6-11(16)3-4-14(12)20-15-13(17)5-10(8-19)7-18-15/h3-7,9,19H,8H2,1-2H3. The van der Waals surface area contributed by atoms with Crippen molar-refractivity contribution >= 4 is 27.5 Å². The van der Waals surface area contributed by atoms with E-state index < -0.39 is 0 Å². The predicted molar refractivity (Wildman–Crippen MR) is 83.5 cm³/mol. The van der Waals surface area contributed by atoms with Crippen LogP contribution in [0.15, 0.2) is 34.9 Å². The van der Waals surface area contributed by atoms with Crippen LogP contribution in [0.5, 0.6) is 11.6 Å². The van der Waals surface area contributed by atoms with Crippen LogP contribution in [-0.4, -0.2) is 10.1 Å². The van der Waals surface area contributed by atoms with Gasteiger partial charge in [0.15, 0.2) is 0 Å². The van der Waals surface area contributed by atoms with Crippen molar-refractivity contribution in [2.75, 3.05) is 0 Å². The number of hydrogen-bond acceptors (Lipinski definition) is 3. The second-order valence-electron chi connectivity index (χ2n) is 4.73. The topological polar surface area (TPSA) is 42.4 Å². The lowest BCUT2D eigenvalue weighted by molar-refractivity contribution is 0.281. The molecule has 5 heteroatoms. The second-order valence-corrected chi connectivity index (χ2v) is 6.05. The molecule has 3 nitrogen and oxygen atoms in total. The quantitative estimate of drug-likeness (QED) is 0.846. The van der Waals surface area contributed by atoms with Crippen LogP contribution >= 0.6 is 27.5 Å². The number of aliphatic hydroxyl groups is 1. The van der Waals surface area contributed by atoms with Gasteiger partial charge in [-0.15, -0.1) is 0 Å². The molecule has 1 aromatic carbocycles. The van der Waals surface area contributed by atoms with E-state index in [1.54, 1.807) is 12.3 Å². The third-order valence-electron chi connectivity index (χ3n) is 2.85. The molecule has 106 valence electrons. The number of benzene rings is 1. The Labute approximate surface area is 131 Å². The Kier molecular flexibility index (Phi) is 5.02. The summed E-state index contributed by atoms with van der Waals surface area (Å²) in [6, 6.07) is 7.47. The first-order valence-electron chi connectivity index (χ1n) is 6.24. The van der Waals surface area contributed by atoms with E-state index in [9.17, 15) is 0 Å². The molecule has 2 aromatic rings. The summed E-state index contributed by atoms with van der Waals surface area (Å²) in [4.78, 5) is 4.14. The van der Waals surface area contributed by atoms with Gasteiger partial charge in [-0.2, -0.15) is 0 Å². The molecule has 0 aliphatic heterocycles. The van der Waals surface area contributed by atoms with Gasteiger partial charge in [0.25, 0.3) is 0 Å². The van der Waals surface area contributed by atoms with Crippen LogP contribution in [0.25, 0.3) is 0 Å². The van der Waals surface area contributed by atoms with Crippen molar-refractivity contribution in [3.63, 3.8) is 0 Å². The van der Waals surface area contributed by atoms with Gasteiger partial charge in [0.2, 0.25) is 5.88 Å². The third-order valence-corrected chi connectivity index (χ3v) is 3.61. The average molecular weight is 357 g/mol. The van der Waals surface area contributed by atoms with Crippen molar-refractivity contribution in [1.82, 2.24) is 4.98 Å². The summed E-state index contributed by atoms with van der Waals surface area (Å²) in [5, 5.41) is 9.43. The van der Waals surface area contributed by atoms with E-state index in [-0.39, 0.29) is 6.61 Å². The molecule has 0 amide bonds. The van der Waals surface area contributed by atoms with Gasteiger partial charge in [-0.3, -0.25) is 0 Å². The summed E-state index contributed by atoms with van der Waals surface area (Å²) < 4.78 is 6.81.